The van der Waals surface area contributed by atoms with Crippen molar-refractivity contribution in [2.75, 3.05) is 20.8 Å². The van der Waals surface area contributed by atoms with Crippen LogP contribution in [0.2, 0.25) is 0 Å². The lowest BCUT2D eigenvalue weighted by Crippen LogP contribution is -2.38. The lowest BCUT2D eigenvalue weighted by Gasteiger charge is -2.20. The van der Waals surface area contributed by atoms with Crippen molar-refractivity contribution in [3.63, 3.8) is 0 Å². The van der Waals surface area contributed by atoms with E-state index in [1.165, 1.54) is 0 Å². The molecule has 0 bridgehead atoms. The molecule has 1 heterocycles. The molecule has 26 heavy (non-hydrogen) atoms. The Bertz CT molecular complexity index is 727. The second-order valence-corrected chi connectivity index (χ2v) is 5.81. The van der Waals surface area contributed by atoms with Gasteiger partial charge in [-0.25, -0.2) is 4.99 Å². The van der Waals surface area contributed by atoms with Crippen LogP contribution in [0.5, 0.6) is 11.5 Å². The van der Waals surface area contributed by atoms with Gasteiger partial charge >= 0.3 is 0 Å². The van der Waals surface area contributed by atoms with Gasteiger partial charge in [0, 0.05) is 18.2 Å². The second-order valence-electron chi connectivity index (χ2n) is 5.81. The SMILES string of the molecule is CCNC(=NCc1cc(CC)no1)NC(C)c1cc(OC)ccc1OC. The van der Waals surface area contributed by atoms with Crippen molar-refractivity contribution in [3.8, 4) is 11.5 Å². The third-order valence-electron chi connectivity index (χ3n) is 3.96. The number of guanidine groups is 1. The third kappa shape index (κ3) is 5.15. The predicted molar refractivity (Wildman–Crippen MR) is 102 cm³/mol. The van der Waals surface area contributed by atoms with Crippen molar-refractivity contribution in [2.45, 2.75) is 39.8 Å². The van der Waals surface area contributed by atoms with Crippen molar-refractivity contribution in [2.24, 2.45) is 4.99 Å². The number of hydrogen-bond donors (Lipinski definition) is 2. The first-order chi connectivity index (χ1) is 12.6. The zero-order chi connectivity index (χ0) is 18.9. The average Bonchev–Trinajstić information content (AvgIpc) is 3.13. The van der Waals surface area contributed by atoms with E-state index >= 15 is 0 Å². The van der Waals surface area contributed by atoms with Crippen molar-refractivity contribution < 1.29 is 14.0 Å². The molecule has 0 saturated carbocycles. The van der Waals surface area contributed by atoms with Gasteiger partial charge < -0.3 is 24.6 Å². The van der Waals surface area contributed by atoms with E-state index in [0.29, 0.717) is 12.5 Å². The maximum absolute atomic E-state index is 5.47. The highest BCUT2D eigenvalue weighted by atomic mass is 16.5. The first kappa shape index (κ1) is 19.6. The van der Waals surface area contributed by atoms with Gasteiger partial charge in [0.15, 0.2) is 11.7 Å². The molecule has 0 saturated heterocycles. The largest absolute Gasteiger partial charge is 0.497 e. The fraction of sp³-hybridized carbons (Fsp3) is 0.474. The summed E-state index contributed by atoms with van der Waals surface area (Å²) >= 11 is 0. The van der Waals surface area contributed by atoms with Crippen LogP contribution in [0.1, 0.15) is 43.8 Å². The number of aliphatic imine (C=N–C) groups is 1. The number of aromatic nitrogens is 1. The van der Waals surface area contributed by atoms with Gasteiger partial charge in [-0.3, -0.25) is 0 Å². The maximum Gasteiger partial charge on any atom is 0.192 e. The molecule has 0 aliphatic carbocycles. The van der Waals surface area contributed by atoms with E-state index in [2.05, 4.69) is 20.8 Å². The summed E-state index contributed by atoms with van der Waals surface area (Å²) in [6.45, 7) is 7.29. The molecule has 0 aliphatic heterocycles. The molecule has 7 heteroatoms. The average molecular weight is 360 g/mol. The van der Waals surface area contributed by atoms with Crippen LogP contribution in [0.15, 0.2) is 33.8 Å². The van der Waals surface area contributed by atoms with Crippen molar-refractivity contribution in [3.05, 3.63) is 41.3 Å². The lowest BCUT2D eigenvalue weighted by molar-refractivity contribution is 0.379. The zero-order valence-corrected chi connectivity index (χ0v) is 16.1. The van der Waals surface area contributed by atoms with Crippen LogP contribution in [0.25, 0.3) is 0 Å². The summed E-state index contributed by atoms with van der Waals surface area (Å²) in [5.74, 6) is 3.01. The Morgan fingerprint density at radius 3 is 2.65 bits per heavy atom. The highest BCUT2D eigenvalue weighted by Gasteiger charge is 2.14. The van der Waals surface area contributed by atoms with Gasteiger partial charge in [-0.2, -0.15) is 0 Å². The molecule has 0 spiro atoms. The van der Waals surface area contributed by atoms with Crippen LogP contribution in [-0.4, -0.2) is 31.9 Å². The Morgan fingerprint density at radius 2 is 2.04 bits per heavy atom. The van der Waals surface area contributed by atoms with Gasteiger partial charge in [0.1, 0.15) is 18.0 Å². The van der Waals surface area contributed by atoms with Gasteiger partial charge in [-0.05, 0) is 38.5 Å². The minimum atomic E-state index is -0.0289. The minimum absolute atomic E-state index is 0.0289. The molecule has 142 valence electrons. The molecular weight excluding hydrogens is 332 g/mol. The maximum atomic E-state index is 5.47. The van der Waals surface area contributed by atoms with Crippen LogP contribution in [0.4, 0.5) is 0 Å². The molecule has 2 rings (SSSR count). The summed E-state index contributed by atoms with van der Waals surface area (Å²) in [5.41, 5.74) is 1.92. The molecule has 1 unspecified atom stereocenters. The fourth-order valence-electron chi connectivity index (χ4n) is 2.53. The van der Waals surface area contributed by atoms with Gasteiger partial charge in [0.25, 0.3) is 0 Å². The number of benzene rings is 1. The van der Waals surface area contributed by atoms with Crippen molar-refractivity contribution >= 4 is 5.96 Å². The number of nitrogens with one attached hydrogen (secondary N) is 2. The number of ether oxygens (including phenoxy) is 2. The smallest absolute Gasteiger partial charge is 0.192 e. The third-order valence-corrected chi connectivity index (χ3v) is 3.96. The summed E-state index contributed by atoms with van der Waals surface area (Å²) in [5, 5.41) is 10.6. The summed E-state index contributed by atoms with van der Waals surface area (Å²) < 4.78 is 16.1. The van der Waals surface area contributed by atoms with E-state index in [0.717, 1.165) is 41.5 Å². The summed E-state index contributed by atoms with van der Waals surface area (Å²) in [6, 6.07) is 7.64. The standard InChI is InChI=1S/C19H28N4O3/c1-6-14-10-16(26-23-14)12-21-19(20-7-2)22-13(3)17-11-15(24-4)8-9-18(17)25-5/h8-11,13H,6-7,12H2,1-5H3,(H2,20,21,22). The van der Waals surface area contributed by atoms with Crippen LogP contribution in [-0.2, 0) is 13.0 Å². The number of methoxy groups -OCH3 is 2. The van der Waals surface area contributed by atoms with E-state index in [9.17, 15) is 0 Å². The topological polar surface area (TPSA) is 80.9 Å². The molecule has 2 aromatic rings. The quantitative estimate of drug-likeness (QED) is 0.556. The number of hydrogen-bond acceptors (Lipinski definition) is 5. The Balaban J connectivity index is 2.14. The van der Waals surface area contributed by atoms with Crippen molar-refractivity contribution in [1.29, 1.82) is 0 Å². The highest BCUT2D eigenvalue weighted by Crippen LogP contribution is 2.29. The molecule has 1 atom stereocenters. The molecule has 0 amide bonds. The Kier molecular flexibility index (Phi) is 7.32. The molecule has 1 aromatic heterocycles. The molecular formula is C19H28N4O3. The lowest BCUT2D eigenvalue weighted by atomic mass is 10.1. The monoisotopic (exact) mass is 360 g/mol. The van der Waals surface area contributed by atoms with E-state index in [4.69, 9.17) is 14.0 Å². The van der Waals surface area contributed by atoms with E-state index in [1.54, 1.807) is 14.2 Å². The van der Waals surface area contributed by atoms with Crippen LogP contribution in [0.3, 0.4) is 0 Å². The Labute approximate surface area is 154 Å². The molecule has 7 nitrogen and oxygen atoms in total. The van der Waals surface area contributed by atoms with Crippen LogP contribution < -0.4 is 20.1 Å². The summed E-state index contributed by atoms with van der Waals surface area (Å²) in [7, 11) is 3.31. The van der Waals surface area contributed by atoms with Gasteiger partial charge in [0.2, 0.25) is 0 Å². The van der Waals surface area contributed by atoms with Crippen LogP contribution >= 0.6 is 0 Å². The summed E-state index contributed by atoms with van der Waals surface area (Å²) in [4.78, 5) is 4.58. The predicted octanol–water partition coefficient (Wildman–Crippen LogP) is 3.07. The van der Waals surface area contributed by atoms with Crippen molar-refractivity contribution in [1.82, 2.24) is 15.8 Å². The summed E-state index contributed by atoms with van der Waals surface area (Å²) in [6.07, 6.45) is 0.845. The zero-order valence-electron chi connectivity index (χ0n) is 16.1. The van der Waals surface area contributed by atoms with E-state index in [1.807, 2.05) is 45.0 Å². The number of aryl methyl sites for hydroxylation is 1. The highest BCUT2D eigenvalue weighted by molar-refractivity contribution is 5.80. The Hall–Kier alpha value is -2.70. The number of nitrogens with zero attached hydrogens (tertiary/aromatic N) is 2. The van der Waals surface area contributed by atoms with Gasteiger partial charge in [0.05, 0.1) is 26.0 Å². The first-order valence-electron chi connectivity index (χ1n) is 8.82. The molecule has 0 aliphatic rings. The van der Waals surface area contributed by atoms with Gasteiger partial charge in [-0.15, -0.1) is 0 Å². The number of rotatable bonds is 8. The van der Waals surface area contributed by atoms with Crippen LogP contribution in [0, 0.1) is 0 Å². The molecule has 0 radical (unpaired) electrons. The molecule has 2 N–H and O–H groups in total. The minimum Gasteiger partial charge on any atom is -0.497 e. The normalized spacial score (nSPS) is 12.6. The first-order valence-corrected chi connectivity index (χ1v) is 8.82. The fourth-order valence-corrected chi connectivity index (χ4v) is 2.53. The molecule has 1 aromatic carbocycles. The second kappa shape index (κ2) is 9.70. The Morgan fingerprint density at radius 1 is 1.23 bits per heavy atom. The van der Waals surface area contributed by atoms with Gasteiger partial charge in [-0.1, -0.05) is 12.1 Å². The van der Waals surface area contributed by atoms with E-state index in [-0.39, 0.29) is 6.04 Å². The molecule has 0 fully saturated rings. The van der Waals surface area contributed by atoms with E-state index < -0.39 is 0 Å².